The van der Waals surface area contributed by atoms with Crippen LogP contribution in [0.1, 0.15) is 15.9 Å². The van der Waals surface area contributed by atoms with Gasteiger partial charge in [0.1, 0.15) is 0 Å². The first kappa shape index (κ1) is 16.4. The van der Waals surface area contributed by atoms with Gasteiger partial charge in [-0.05, 0) is 29.8 Å². The van der Waals surface area contributed by atoms with Crippen molar-refractivity contribution >= 4 is 17.5 Å². The SMILES string of the molecule is COC(=O)c1ccc(CNC(=O)COc2nnc3ccccn23)cc1. The van der Waals surface area contributed by atoms with Gasteiger partial charge in [0.25, 0.3) is 5.91 Å². The molecular weight excluding hydrogens is 324 g/mol. The number of fused-ring (bicyclic) bond motifs is 1. The van der Waals surface area contributed by atoms with E-state index >= 15 is 0 Å². The highest BCUT2D eigenvalue weighted by molar-refractivity contribution is 5.89. The molecule has 0 aliphatic rings. The van der Waals surface area contributed by atoms with E-state index in [-0.39, 0.29) is 18.5 Å². The van der Waals surface area contributed by atoms with Gasteiger partial charge in [0, 0.05) is 12.7 Å². The summed E-state index contributed by atoms with van der Waals surface area (Å²) in [7, 11) is 1.33. The number of carbonyl (C=O) groups is 2. The number of rotatable bonds is 6. The van der Waals surface area contributed by atoms with Gasteiger partial charge < -0.3 is 14.8 Å². The zero-order valence-corrected chi connectivity index (χ0v) is 13.5. The number of nitrogens with one attached hydrogen (secondary N) is 1. The Morgan fingerprint density at radius 3 is 2.68 bits per heavy atom. The van der Waals surface area contributed by atoms with E-state index in [1.54, 1.807) is 40.9 Å². The summed E-state index contributed by atoms with van der Waals surface area (Å²) in [6, 6.07) is 12.5. The molecule has 3 rings (SSSR count). The molecule has 0 aliphatic heterocycles. The Morgan fingerprint density at radius 2 is 1.92 bits per heavy atom. The van der Waals surface area contributed by atoms with Crippen molar-refractivity contribution < 1.29 is 19.1 Å². The monoisotopic (exact) mass is 340 g/mol. The largest absolute Gasteiger partial charge is 0.465 e. The highest BCUT2D eigenvalue weighted by Gasteiger charge is 2.09. The second-order valence-electron chi connectivity index (χ2n) is 5.17. The first-order valence-electron chi connectivity index (χ1n) is 7.54. The molecule has 1 amide bonds. The molecule has 0 radical (unpaired) electrons. The summed E-state index contributed by atoms with van der Waals surface area (Å²) in [5.41, 5.74) is 1.96. The molecular formula is C17H16N4O4. The van der Waals surface area contributed by atoms with Gasteiger partial charge in [-0.3, -0.25) is 9.20 Å². The maximum atomic E-state index is 11.9. The van der Waals surface area contributed by atoms with E-state index in [2.05, 4.69) is 20.3 Å². The number of nitrogens with zero attached hydrogens (tertiary/aromatic N) is 3. The van der Waals surface area contributed by atoms with Gasteiger partial charge in [0.2, 0.25) is 0 Å². The normalized spacial score (nSPS) is 10.4. The van der Waals surface area contributed by atoms with Gasteiger partial charge in [0.15, 0.2) is 12.3 Å². The van der Waals surface area contributed by atoms with Gasteiger partial charge in [0.05, 0.1) is 12.7 Å². The number of aromatic nitrogens is 3. The molecule has 0 unspecified atom stereocenters. The molecule has 0 saturated carbocycles. The van der Waals surface area contributed by atoms with E-state index in [1.807, 2.05) is 12.1 Å². The highest BCUT2D eigenvalue weighted by atomic mass is 16.5. The number of esters is 1. The third kappa shape index (κ3) is 3.92. The highest BCUT2D eigenvalue weighted by Crippen LogP contribution is 2.09. The van der Waals surface area contributed by atoms with Crippen LogP contribution in [0, 0.1) is 0 Å². The molecule has 8 nitrogen and oxygen atoms in total. The van der Waals surface area contributed by atoms with Crippen molar-refractivity contribution in [3.8, 4) is 6.01 Å². The maximum Gasteiger partial charge on any atom is 0.337 e. The first-order valence-corrected chi connectivity index (χ1v) is 7.54. The van der Waals surface area contributed by atoms with Gasteiger partial charge in [-0.2, -0.15) is 0 Å². The minimum Gasteiger partial charge on any atom is -0.465 e. The van der Waals surface area contributed by atoms with E-state index in [0.717, 1.165) is 5.56 Å². The zero-order chi connectivity index (χ0) is 17.6. The average Bonchev–Trinajstić information content (AvgIpc) is 3.07. The van der Waals surface area contributed by atoms with Crippen LogP contribution in [0.15, 0.2) is 48.7 Å². The number of carbonyl (C=O) groups excluding carboxylic acids is 2. The molecule has 0 saturated heterocycles. The van der Waals surface area contributed by atoms with Crippen molar-refractivity contribution in [1.29, 1.82) is 0 Å². The fraction of sp³-hybridized carbons (Fsp3) is 0.176. The summed E-state index contributed by atoms with van der Waals surface area (Å²) < 4.78 is 11.7. The van der Waals surface area contributed by atoms with Crippen LogP contribution in [0.25, 0.3) is 5.65 Å². The van der Waals surface area contributed by atoms with Crippen LogP contribution >= 0.6 is 0 Å². The van der Waals surface area contributed by atoms with Crippen molar-refractivity contribution in [1.82, 2.24) is 19.9 Å². The van der Waals surface area contributed by atoms with Crippen molar-refractivity contribution in [2.45, 2.75) is 6.54 Å². The van der Waals surface area contributed by atoms with Gasteiger partial charge in [-0.1, -0.05) is 23.3 Å². The van der Waals surface area contributed by atoms with E-state index in [1.165, 1.54) is 7.11 Å². The number of amides is 1. The quantitative estimate of drug-likeness (QED) is 0.678. The lowest BCUT2D eigenvalue weighted by atomic mass is 10.1. The van der Waals surface area contributed by atoms with Crippen LogP contribution in [0.3, 0.4) is 0 Å². The molecule has 2 heterocycles. The second kappa shape index (κ2) is 7.43. The van der Waals surface area contributed by atoms with Crippen molar-refractivity contribution in [3.05, 3.63) is 59.8 Å². The minimum atomic E-state index is -0.399. The van der Waals surface area contributed by atoms with Crippen LogP contribution in [-0.2, 0) is 16.1 Å². The lowest BCUT2D eigenvalue weighted by molar-refractivity contribution is -0.123. The second-order valence-corrected chi connectivity index (χ2v) is 5.17. The van der Waals surface area contributed by atoms with Gasteiger partial charge in [-0.15, -0.1) is 5.10 Å². The fourth-order valence-electron chi connectivity index (χ4n) is 2.18. The molecule has 2 aromatic heterocycles. The third-order valence-corrected chi connectivity index (χ3v) is 3.48. The Balaban J connectivity index is 1.50. The maximum absolute atomic E-state index is 11.9. The number of methoxy groups -OCH3 is 1. The van der Waals surface area contributed by atoms with Crippen molar-refractivity contribution in [2.75, 3.05) is 13.7 Å². The summed E-state index contributed by atoms with van der Waals surface area (Å²) in [6.07, 6.45) is 1.76. The minimum absolute atomic E-state index is 0.171. The Labute approximate surface area is 143 Å². The molecule has 0 fully saturated rings. The summed E-state index contributed by atoms with van der Waals surface area (Å²) in [4.78, 5) is 23.3. The van der Waals surface area contributed by atoms with Crippen molar-refractivity contribution in [3.63, 3.8) is 0 Å². The molecule has 3 aromatic rings. The van der Waals surface area contributed by atoms with Gasteiger partial charge in [-0.25, -0.2) is 4.79 Å². The lowest BCUT2D eigenvalue weighted by Gasteiger charge is -2.07. The van der Waals surface area contributed by atoms with E-state index in [9.17, 15) is 9.59 Å². The van der Waals surface area contributed by atoms with Crippen LogP contribution in [0.2, 0.25) is 0 Å². The lowest BCUT2D eigenvalue weighted by Crippen LogP contribution is -2.28. The standard InChI is InChI=1S/C17H16N4O4/c1-24-16(23)13-7-5-12(6-8-13)10-18-15(22)11-25-17-20-19-14-4-2-3-9-21(14)17/h2-9H,10-11H2,1H3,(H,18,22). The first-order chi connectivity index (χ1) is 12.2. The van der Waals surface area contributed by atoms with Crippen LogP contribution in [-0.4, -0.2) is 40.2 Å². The Hall–Kier alpha value is -3.42. The number of ether oxygens (including phenoxy) is 2. The van der Waals surface area contributed by atoms with Crippen molar-refractivity contribution in [2.24, 2.45) is 0 Å². The smallest absolute Gasteiger partial charge is 0.337 e. The summed E-state index contributed by atoms with van der Waals surface area (Å²) >= 11 is 0. The summed E-state index contributed by atoms with van der Waals surface area (Å²) in [6.45, 7) is 0.153. The fourth-order valence-corrected chi connectivity index (χ4v) is 2.18. The predicted molar refractivity (Wildman–Crippen MR) is 88.1 cm³/mol. The topological polar surface area (TPSA) is 94.8 Å². The summed E-state index contributed by atoms with van der Waals surface area (Å²) in [5.74, 6) is -0.686. The number of benzene rings is 1. The molecule has 0 aliphatic carbocycles. The average molecular weight is 340 g/mol. The van der Waals surface area contributed by atoms with Crippen LogP contribution < -0.4 is 10.1 Å². The molecule has 1 aromatic carbocycles. The molecule has 1 N–H and O–H groups in total. The molecule has 128 valence electrons. The summed E-state index contributed by atoms with van der Waals surface area (Å²) in [5, 5.41) is 10.6. The Morgan fingerprint density at radius 1 is 1.12 bits per heavy atom. The molecule has 25 heavy (non-hydrogen) atoms. The number of pyridine rings is 1. The van der Waals surface area contributed by atoms with Crippen LogP contribution in [0.5, 0.6) is 6.01 Å². The van der Waals surface area contributed by atoms with E-state index < -0.39 is 5.97 Å². The molecule has 0 atom stereocenters. The van der Waals surface area contributed by atoms with E-state index in [0.29, 0.717) is 17.8 Å². The number of hydrogen-bond acceptors (Lipinski definition) is 6. The van der Waals surface area contributed by atoms with E-state index in [4.69, 9.17) is 4.74 Å². The molecule has 8 heteroatoms. The number of hydrogen-bond donors (Lipinski definition) is 1. The van der Waals surface area contributed by atoms with Gasteiger partial charge >= 0.3 is 12.0 Å². The van der Waals surface area contributed by atoms with Crippen LogP contribution in [0.4, 0.5) is 0 Å². The molecule has 0 bridgehead atoms. The predicted octanol–water partition coefficient (Wildman–Crippen LogP) is 1.21. The zero-order valence-electron chi connectivity index (χ0n) is 13.5. The third-order valence-electron chi connectivity index (χ3n) is 3.48. The Bertz CT molecular complexity index is 889. The Kier molecular flexibility index (Phi) is 4.89. The molecule has 0 spiro atoms.